The maximum Gasteiger partial charge on any atom is 0.315 e. The van der Waals surface area contributed by atoms with Crippen LogP contribution in [0.5, 0.6) is 0 Å². The van der Waals surface area contributed by atoms with Crippen LogP contribution in [0, 0.1) is 5.92 Å². The van der Waals surface area contributed by atoms with Crippen LogP contribution in [0.1, 0.15) is 57.4 Å². The number of hydrazine groups is 1. The molecular formula is C29H45N4O8S+. The van der Waals surface area contributed by atoms with E-state index < -0.39 is 57.0 Å². The summed E-state index contributed by atoms with van der Waals surface area (Å²) in [5.74, 6) is 2.87. The predicted octanol–water partition coefficient (Wildman–Crippen LogP) is 1.62. The fourth-order valence-electron chi connectivity index (χ4n) is 5.50. The van der Waals surface area contributed by atoms with Gasteiger partial charge in [0.25, 0.3) is 5.91 Å². The van der Waals surface area contributed by atoms with Crippen LogP contribution < -0.4 is 16.7 Å². The number of hydrogen-bond acceptors (Lipinski definition) is 9. The molecule has 4 N–H and O–H groups in total. The lowest BCUT2D eigenvalue weighted by Crippen LogP contribution is -2.64. The molecule has 0 bridgehead atoms. The first-order valence-electron chi connectivity index (χ1n) is 14.4. The van der Waals surface area contributed by atoms with E-state index in [4.69, 9.17) is 20.2 Å². The fourth-order valence-corrected chi connectivity index (χ4v) is 6.86. The van der Waals surface area contributed by atoms with Gasteiger partial charge in [0, 0.05) is 19.3 Å². The first-order valence-corrected chi connectivity index (χ1v) is 16.3. The monoisotopic (exact) mass is 609 g/mol. The molecule has 0 aliphatic carbocycles. The zero-order valence-electron chi connectivity index (χ0n) is 24.8. The van der Waals surface area contributed by atoms with Gasteiger partial charge in [-0.05, 0) is 31.2 Å². The van der Waals surface area contributed by atoms with Crippen molar-refractivity contribution >= 4 is 33.6 Å². The van der Waals surface area contributed by atoms with Gasteiger partial charge in [-0.1, -0.05) is 55.8 Å². The van der Waals surface area contributed by atoms with Crippen LogP contribution in [0.25, 0.3) is 6.08 Å². The van der Waals surface area contributed by atoms with Crippen molar-refractivity contribution in [1.82, 2.24) is 10.9 Å². The molecule has 2 aliphatic rings. The molecule has 3 amide bonds. The first kappa shape index (κ1) is 33.8. The number of likely N-dealkylation sites (N-methyl/N-ethyl adjacent to an activating group) is 1. The van der Waals surface area contributed by atoms with Gasteiger partial charge in [-0.15, -0.1) is 0 Å². The van der Waals surface area contributed by atoms with Gasteiger partial charge in [0.2, 0.25) is 5.91 Å². The van der Waals surface area contributed by atoms with Crippen LogP contribution in [0.3, 0.4) is 0 Å². The molecule has 2 heterocycles. The molecule has 12 nitrogen and oxygen atoms in total. The molecule has 1 aromatic carbocycles. The molecule has 13 heteroatoms. The summed E-state index contributed by atoms with van der Waals surface area (Å²) in [6.45, 7) is 2.82. The van der Waals surface area contributed by atoms with Crippen molar-refractivity contribution in [2.45, 2.75) is 69.0 Å². The molecule has 0 radical (unpaired) electrons. The number of sulfone groups is 1. The molecule has 0 saturated carbocycles. The summed E-state index contributed by atoms with van der Waals surface area (Å²) in [5, 5.41) is 0. The predicted molar refractivity (Wildman–Crippen MR) is 156 cm³/mol. The maximum absolute atomic E-state index is 13.8. The molecule has 5 atom stereocenters. The van der Waals surface area contributed by atoms with E-state index in [1.54, 1.807) is 14.0 Å². The Bertz CT molecular complexity index is 1210. The van der Waals surface area contributed by atoms with Crippen LogP contribution in [0.15, 0.2) is 36.4 Å². The van der Waals surface area contributed by atoms with Gasteiger partial charge in [-0.2, -0.15) is 0 Å². The SMILES string of the molecule is CCCC(CC(=O)[N+]1(C)CCO[C@H]([C@H](C/C=C/c2ccccc2)C(=O)NOC2CCCCO2)C1)(C(=O)NN)S(C)(=O)=O. The van der Waals surface area contributed by atoms with E-state index in [0.29, 0.717) is 25.9 Å². The van der Waals surface area contributed by atoms with E-state index in [9.17, 15) is 22.8 Å². The minimum absolute atomic E-state index is 0.0591. The van der Waals surface area contributed by atoms with E-state index in [2.05, 4.69) is 5.48 Å². The molecule has 2 fully saturated rings. The minimum Gasteiger partial charge on any atom is -0.366 e. The highest BCUT2D eigenvalue weighted by Crippen LogP contribution is 2.32. The van der Waals surface area contributed by atoms with Crippen molar-refractivity contribution in [1.29, 1.82) is 0 Å². The van der Waals surface area contributed by atoms with Crippen LogP contribution in [0.4, 0.5) is 0 Å². The van der Waals surface area contributed by atoms with Crippen molar-refractivity contribution in [3.05, 3.63) is 42.0 Å². The molecule has 234 valence electrons. The smallest absolute Gasteiger partial charge is 0.315 e. The Labute approximate surface area is 248 Å². The molecular weight excluding hydrogens is 564 g/mol. The number of amides is 3. The quantitative estimate of drug-likeness (QED) is 0.131. The Hall–Kier alpha value is -2.68. The van der Waals surface area contributed by atoms with Crippen molar-refractivity contribution in [2.75, 3.05) is 39.6 Å². The Morgan fingerprint density at radius 1 is 1.19 bits per heavy atom. The van der Waals surface area contributed by atoms with Gasteiger partial charge in [0.15, 0.2) is 20.9 Å². The molecule has 0 aromatic heterocycles. The standard InChI is InChI=1S/C29H44N4O8S/c1-4-16-29(28(36)31-30,42(3,37)38)20-25(34)33(2)17-19-39-24(21-33)23(14-10-13-22-11-6-5-7-12-22)27(35)32-41-26-15-8-9-18-40-26/h5-7,10-13,23-24,26H,4,8-9,14-21,30H2,1-3H3,(H-,31,32,35,36)/p+1/b13-10+/t23-,24-,26?,29?,33?/m0/s1. The number of carbonyl (C=O) groups is 3. The summed E-state index contributed by atoms with van der Waals surface area (Å²) in [4.78, 5) is 45.6. The topological polar surface area (TPSA) is 163 Å². The molecule has 2 saturated heterocycles. The van der Waals surface area contributed by atoms with Gasteiger partial charge in [0.05, 0.1) is 26.0 Å². The van der Waals surface area contributed by atoms with E-state index in [1.165, 1.54) is 0 Å². The highest BCUT2D eigenvalue weighted by atomic mass is 32.2. The lowest BCUT2D eigenvalue weighted by Gasteiger charge is -2.42. The second kappa shape index (κ2) is 15.2. The van der Waals surface area contributed by atoms with Crippen LogP contribution in [0.2, 0.25) is 0 Å². The van der Waals surface area contributed by atoms with Crippen LogP contribution >= 0.6 is 0 Å². The number of benzene rings is 1. The maximum atomic E-state index is 13.8. The zero-order valence-corrected chi connectivity index (χ0v) is 25.6. The Kier molecular flexibility index (Phi) is 12.2. The lowest BCUT2D eigenvalue weighted by atomic mass is 9.93. The first-order chi connectivity index (χ1) is 20.0. The second-order valence-corrected chi connectivity index (χ2v) is 13.6. The molecule has 42 heavy (non-hydrogen) atoms. The third-order valence-corrected chi connectivity index (χ3v) is 10.1. The number of nitrogens with two attached hydrogens (primary N) is 1. The summed E-state index contributed by atoms with van der Waals surface area (Å²) < 4.78 is 35.2. The van der Waals surface area contributed by atoms with Crippen LogP contribution in [-0.2, 0) is 38.5 Å². The Balaban J connectivity index is 1.82. The van der Waals surface area contributed by atoms with Gasteiger partial charge >= 0.3 is 5.91 Å². The normalized spacial score (nSPS) is 25.3. The third kappa shape index (κ3) is 8.45. The van der Waals surface area contributed by atoms with Gasteiger partial charge in [-0.25, -0.2) is 29.4 Å². The van der Waals surface area contributed by atoms with E-state index in [0.717, 1.165) is 24.7 Å². The molecule has 2 aliphatic heterocycles. The molecule has 0 spiro atoms. The number of hydroxylamine groups is 1. The average Bonchev–Trinajstić information content (AvgIpc) is 2.97. The highest BCUT2D eigenvalue weighted by Gasteiger charge is 2.53. The van der Waals surface area contributed by atoms with Crippen molar-refractivity contribution in [2.24, 2.45) is 11.8 Å². The largest absolute Gasteiger partial charge is 0.366 e. The zero-order chi connectivity index (χ0) is 30.8. The molecule has 1 aromatic rings. The van der Waals surface area contributed by atoms with Crippen molar-refractivity contribution in [3.8, 4) is 0 Å². The lowest BCUT2D eigenvalue weighted by molar-refractivity contribution is -0.848. The number of nitrogens with zero attached hydrogens (tertiary/aromatic N) is 1. The van der Waals surface area contributed by atoms with Crippen molar-refractivity contribution < 1.29 is 41.6 Å². The highest BCUT2D eigenvalue weighted by molar-refractivity contribution is 7.92. The third-order valence-electron chi connectivity index (χ3n) is 8.16. The summed E-state index contributed by atoms with van der Waals surface area (Å²) in [6.07, 6.45) is 6.09. The molecule has 3 rings (SSSR count). The number of ether oxygens (including phenoxy) is 2. The van der Waals surface area contributed by atoms with Gasteiger partial charge in [-0.3, -0.25) is 19.5 Å². The number of allylic oxidation sites excluding steroid dienone is 1. The van der Waals surface area contributed by atoms with Crippen LogP contribution in [-0.4, -0.2) is 87.4 Å². The summed E-state index contributed by atoms with van der Waals surface area (Å²) in [5.41, 5.74) is 5.46. The number of rotatable bonds is 13. The number of carbonyl (C=O) groups excluding carboxylic acids is 3. The van der Waals surface area contributed by atoms with E-state index in [1.807, 2.05) is 47.9 Å². The number of quaternary nitrogens is 1. The number of nitrogens with one attached hydrogen (secondary N) is 2. The summed E-state index contributed by atoms with van der Waals surface area (Å²) in [7, 11) is -2.34. The summed E-state index contributed by atoms with van der Waals surface area (Å²) in [6, 6.07) is 9.64. The Morgan fingerprint density at radius 3 is 2.55 bits per heavy atom. The van der Waals surface area contributed by atoms with Gasteiger partial charge < -0.3 is 9.47 Å². The Morgan fingerprint density at radius 2 is 1.93 bits per heavy atom. The van der Waals surface area contributed by atoms with E-state index in [-0.39, 0.29) is 30.6 Å². The van der Waals surface area contributed by atoms with Gasteiger partial charge in [0.1, 0.15) is 19.2 Å². The molecule has 3 unspecified atom stereocenters. The van der Waals surface area contributed by atoms with E-state index >= 15 is 0 Å². The second-order valence-electron chi connectivity index (χ2n) is 11.3. The number of morpholine rings is 1. The summed E-state index contributed by atoms with van der Waals surface area (Å²) >= 11 is 0. The number of hydrogen-bond donors (Lipinski definition) is 3. The minimum atomic E-state index is -4.02. The average molecular weight is 610 g/mol. The van der Waals surface area contributed by atoms with Crippen molar-refractivity contribution in [3.63, 3.8) is 0 Å². The fraction of sp³-hybridized carbons (Fsp3) is 0.621.